The number of ether oxygens (including phenoxy) is 2. The Hall–Kier alpha value is -2.82. The molecule has 9 atom stereocenters. The molecule has 0 bridgehead atoms. The van der Waals surface area contributed by atoms with Crippen LogP contribution in [-0.4, -0.2) is 46.2 Å². The van der Waals surface area contributed by atoms with Crippen LogP contribution in [0.3, 0.4) is 0 Å². The first-order chi connectivity index (χ1) is 21.4. The summed E-state index contributed by atoms with van der Waals surface area (Å²) in [5.74, 6) is -0.763. The number of rotatable bonds is 6. The van der Waals surface area contributed by atoms with Crippen LogP contribution in [-0.2, 0) is 24.8 Å². The number of anilines is 1. The van der Waals surface area contributed by atoms with Crippen LogP contribution in [0.1, 0.15) is 62.5 Å². The molecule has 7 nitrogen and oxygen atoms in total. The van der Waals surface area contributed by atoms with Crippen LogP contribution in [0.4, 0.5) is 10.1 Å². The summed E-state index contributed by atoms with van der Waals surface area (Å²) < 4.78 is 29.5. The van der Waals surface area contributed by atoms with Gasteiger partial charge in [0.25, 0.3) is 0 Å². The van der Waals surface area contributed by atoms with Gasteiger partial charge in [-0.3, -0.25) is 9.59 Å². The summed E-state index contributed by atoms with van der Waals surface area (Å²) >= 11 is 1.44. The van der Waals surface area contributed by atoms with Crippen molar-refractivity contribution in [1.29, 1.82) is 0 Å². The highest BCUT2D eigenvalue weighted by Crippen LogP contribution is 2.70. The number of fused-ring (bicyclic) bond motifs is 7. The van der Waals surface area contributed by atoms with Crippen molar-refractivity contribution in [2.75, 3.05) is 12.3 Å². The molecule has 45 heavy (non-hydrogen) atoms. The van der Waals surface area contributed by atoms with Crippen LogP contribution in [0, 0.1) is 41.3 Å². The van der Waals surface area contributed by atoms with Crippen LogP contribution in [0.15, 0.2) is 65.1 Å². The van der Waals surface area contributed by atoms with Crippen molar-refractivity contribution >= 4 is 29.0 Å². The van der Waals surface area contributed by atoms with Crippen molar-refractivity contribution in [1.82, 2.24) is 0 Å². The number of aliphatic hydroxyl groups excluding tert-OH is 2. The van der Waals surface area contributed by atoms with Gasteiger partial charge in [-0.1, -0.05) is 49.8 Å². The molecule has 2 aromatic carbocycles. The van der Waals surface area contributed by atoms with E-state index in [1.165, 1.54) is 11.8 Å². The maximum absolute atomic E-state index is 16.3. The van der Waals surface area contributed by atoms with E-state index in [0.29, 0.717) is 29.0 Å². The Labute approximate surface area is 267 Å². The number of carbonyl (C=O) groups is 2. The molecule has 4 aliphatic carbocycles. The number of Topliss-reactive ketones (excluding diaryl/α,β-unsaturated/α-hetero) is 1. The van der Waals surface area contributed by atoms with E-state index < -0.39 is 53.1 Å². The zero-order chi connectivity index (χ0) is 31.9. The van der Waals surface area contributed by atoms with Gasteiger partial charge in [0.15, 0.2) is 23.5 Å². The fraction of sp³-hybridized carbons (Fsp3) is 0.500. The van der Waals surface area contributed by atoms with Crippen LogP contribution in [0.5, 0.6) is 0 Å². The van der Waals surface area contributed by atoms with Crippen molar-refractivity contribution in [3.8, 4) is 0 Å². The lowest BCUT2D eigenvalue weighted by atomic mass is 9.46. The second-order valence-corrected chi connectivity index (χ2v) is 15.0. The first-order valence-corrected chi connectivity index (χ1v) is 16.8. The van der Waals surface area contributed by atoms with Gasteiger partial charge >= 0.3 is 0 Å². The molecule has 0 amide bonds. The highest BCUT2D eigenvalue weighted by molar-refractivity contribution is 7.98. The lowest BCUT2D eigenvalue weighted by Crippen LogP contribution is -2.63. The average Bonchev–Trinajstić information content (AvgIpc) is 3.50. The predicted molar refractivity (Wildman–Crippen MR) is 168 cm³/mol. The number of aliphatic hydroxyl groups is 2. The van der Waals surface area contributed by atoms with Gasteiger partial charge in [-0.2, -0.15) is 0 Å². The zero-order valence-corrected chi connectivity index (χ0v) is 26.6. The highest BCUT2D eigenvalue weighted by Gasteiger charge is 2.76. The van der Waals surface area contributed by atoms with E-state index in [-0.39, 0.29) is 35.5 Å². The number of hydrogen-bond donors (Lipinski definition) is 3. The van der Waals surface area contributed by atoms with Crippen molar-refractivity contribution < 1.29 is 33.7 Å². The van der Waals surface area contributed by atoms with Crippen molar-refractivity contribution in [3.63, 3.8) is 0 Å². The maximum Gasteiger partial charge on any atom is 0.193 e. The Morgan fingerprint density at radius 1 is 1.20 bits per heavy atom. The molecule has 238 valence electrons. The molecule has 2 aromatic rings. The van der Waals surface area contributed by atoms with Gasteiger partial charge in [0.05, 0.1) is 12.2 Å². The minimum Gasteiger partial charge on any atom is -0.398 e. The van der Waals surface area contributed by atoms with E-state index in [2.05, 4.69) is 6.92 Å². The van der Waals surface area contributed by atoms with Crippen LogP contribution in [0.25, 0.3) is 0 Å². The second kappa shape index (κ2) is 10.9. The summed E-state index contributed by atoms with van der Waals surface area (Å²) in [4.78, 5) is 26.9. The molecule has 4 N–H and O–H groups in total. The molecule has 1 heterocycles. The van der Waals surface area contributed by atoms with E-state index in [1.54, 1.807) is 25.1 Å². The lowest BCUT2D eigenvalue weighted by molar-refractivity contribution is -0.201. The number of carbonyl (C=O) groups excluding carboxylic acids is 2. The topological polar surface area (TPSA) is 119 Å². The second-order valence-electron chi connectivity index (χ2n) is 13.9. The Morgan fingerprint density at radius 3 is 2.73 bits per heavy atom. The number of nitrogen functional groups attached to an aromatic ring is 1. The standard InChI is InChI=1S/C36H40FNO6S/c1-19-8-9-20(18-45-27-7-5-4-6-25(27)38)32(37)30(19)33-43-29-15-24-23-11-10-21-14-22(40)12-13-34(21,2)31(23)26(41)16-35(24,3)36(29,44-33)28(42)17-39/h4-9,12-14,23-24,26,29,31,33,39,41H,10-11,15-18,38H2,1-3H3/t23-,24-,26-,29+,31+,33+,34-,35-,36+/m0/s1. The molecule has 0 spiro atoms. The number of benzene rings is 2. The summed E-state index contributed by atoms with van der Waals surface area (Å²) in [7, 11) is 0. The van der Waals surface area contributed by atoms with Gasteiger partial charge in [0.2, 0.25) is 0 Å². The molecule has 1 saturated heterocycles. The number of hydrogen-bond acceptors (Lipinski definition) is 8. The van der Waals surface area contributed by atoms with Crippen LogP contribution >= 0.6 is 11.8 Å². The third-order valence-electron chi connectivity index (χ3n) is 11.8. The summed E-state index contributed by atoms with van der Waals surface area (Å²) in [5, 5.41) is 22.2. The third-order valence-corrected chi connectivity index (χ3v) is 12.9. The smallest absolute Gasteiger partial charge is 0.193 e. The number of aryl methyl sites for hydroxylation is 1. The van der Waals surface area contributed by atoms with Gasteiger partial charge in [0.1, 0.15) is 12.4 Å². The molecular formula is C36H40FNO6S. The van der Waals surface area contributed by atoms with Gasteiger partial charge in [-0.25, -0.2) is 4.39 Å². The first kappa shape index (κ1) is 30.8. The van der Waals surface area contributed by atoms with Gasteiger partial charge < -0.3 is 25.4 Å². The van der Waals surface area contributed by atoms with Gasteiger partial charge in [-0.15, -0.1) is 11.8 Å². The Balaban J connectivity index is 1.22. The number of halogens is 1. The SMILES string of the molecule is Cc1ccc(CSc2ccccc2N)c(F)c1[C@@H]1O[C@@H]2C[C@H]3[C@@H]4CCC5=CC(=O)C=C[C@]5(C)[C@H]4[C@@H](O)C[C@]3(C)[C@]2(C(=O)CO)O1. The molecule has 0 radical (unpaired) electrons. The normalized spacial score (nSPS) is 38.3. The largest absolute Gasteiger partial charge is 0.398 e. The number of nitrogens with two attached hydrogens (primary N) is 1. The van der Waals surface area contributed by atoms with Crippen molar-refractivity contribution in [2.24, 2.45) is 28.6 Å². The molecule has 7 rings (SSSR count). The molecule has 1 aliphatic heterocycles. The fourth-order valence-electron chi connectivity index (χ4n) is 9.72. The molecule has 5 aliphatic rings. The van der Waals surface area contributed by atoms with Crippen LogP contribution < -0.4 is 5.73 Å². The van der Waals surface area contributed by atoms with E-state index in [1.807, 2.05) is 43.3 Å². The van der Waals surface area contributed by atoms with Crippen molar-refractivity contribution in [2.45, 2.75) is 81.2 Å². The van der Waals surface area contributed by atoms with Crippen molar-refractivity contribution in [3.05, 3.63) is 82.7 Å². The number of allylic oxidation sites excluding steroid dienone is 4. The molecular weight excluding hydrogens is 593 g/mol. The van der Waals surface area contributed by atoms with Gasteiger partial charge in [0, 0.05) is 38.6 Å². The average molecular weight is 634 g/mol. The van der Waals surface area contributed by atoms with E-state index in [4.69, 9.17) is 15.2 Å². The van der Waals surface area contributed by atoms with E-state index in [0.717, 1.165) is 23.3 Å². The summed E-state index contributed by atoms with van der Waals surface area (Å²) in [6.45, 7) is 5.12. The first-order valence-electron chi connectivity index (χ1n) is 15.8. The molecule has 4 fully saturated rings. The number of thioether (sulfide) groups is 1. The summed E-state index contributed by atoms with van der Waals surface area (Å²) in [6.07, 6.45) is 4.88. The van der Waals surface area contributed by atoms with Crippen LogP contribution in [0.2, 0.25) is 0 Å². The Bertz CT molecular complexity index is 1640. The summed E-state index contributed by atoms with van der Waals surface area (Å²) in [6, 6.07) is 11.0. The zero-order valence-electron chi connectivity index (χ0n) is 25.8. The maximum atomic E-state index is 16.3. The van der Waals surface area contributed by atoms with Gasteiger partial charge in [-0.05, 0) is 79.9 Å². The minimum atomic E-state index is -1.54. The molecule has 0 aromatic heterocycles. The Kier molecular flexibility index (Phi) is 7.45. The minimum absolute atomic E-state index is 0.0267. The summed E-state index contributed by atoms with van der Waals surface area (Å²) in [5.41, 5.74) is 6.27. The van der Waals surface area contributed by atoms with E-state index in [9.17, 15) is 19.8 Å². The number of para-hydroxylation sites is 1. The molecule has 9 heteroatoms. The molecule has 3 saturated carbocycles. The quantitative estimate of drug-likeness (QED) is 0.278. The monoisotopic (exact) mass is 633 g/mol. The lowest BCUT2D eigenvalue weighted by Gasteiger charge is -2.59. The highest BCUT2D eigenvalue weighted by atomic mass is 32.2. The Morgan fingerprint density at radius 2 is 1.98 bits per heavy atom. The fourth-order valence-corrected chi connectivity index (χ4v) is 10.7. The predicted octanol–water partition coefficient (Wildman–Crippen LogP) is 5.61. The molecule has 0 unspecified atom stereocenters. The third kappa shape index (κ3) is 4.38. The number of ketones is 2. The van der Waals surface area contributed by atoms with E-state index >= 15 is 4.39 Å².